The standard InChI is InChI=1S/C18H28N2O3/c1-18(2,3)23-17(21)20-16-8-9-19-12-14(16)10-13-6-5-7-15(11-13)22-4/h5-7,11,14,16,19H,8-10,12H2,1-4H3,(H,20,21)/t14-,16+/m0/s1. The molecule has 2 N–H and O–H groups in total. The molecule has 0 bridgehead atoms. The highest BCUT2D eigenvalue weighted by molar-refractivity contribution is 5.68. The van der Waals surface area contributed by atoms with E-state index in [1.165, 1.54) is 5.56 Å². The molecule has 23 heavy (non-hydrogen) atoms. The number of piperidine rings is 1. The third-order valence-electron chi connectivity index (χ3n) is 3.94. The van der Waals surface area contributed by atoms with E-state index in [0.717, 1.165) is 31.7 Å². The van der Waals surface area contributed by atoms with Crippen LogP contribution in [0.5, 0.6) is 5.75 Å². The van der Waals surface area contributed by atoms with Gasteiger partial charge < -0.3 is 20.1 Å². The summed E-state index contributed by atoms with van der Waals surface area (Å²) in [6, 6.07) is 8.22. The normalized spacial score (nSPS) is 21.6. The highest BCUT2D eigenvalue weighted by atomic mass is 16.6. The lowest BCUT2D eigenvalue weighted by molar-refractivity contribution is 0.0473. The van der Waals surface area contributed by atoms with Crippen LogP contribution in [0.15, 0.2) is 24.3 Å². The minimum absolute atomic E-state index is 0.123. The van der Waals surface area contributed by atoms with Crippen LogP contribution in [0.4, 0.5) is 4.79 Å². The SMILES string of the molecule is COc1cccc(C[C@H]2CNCC[C@H]2NC(=O)OC(C)(C)C)c1. The maximum absolute atomic E-state index is 12.1. The van der Waals surface area contributed by atoms with Crippen LogP contribution in [0.1, 0.15) is 32.8 Å². The van der Waals surface area contributed by atoms with Gasteiger partial charge in [0.1, 0.15) is 11.4 Å². The van der Waals surface area contributed by atoms with Gasteiger partial charge in [0.15, 0.2) is 0 Å². The molecule has 1 aliphatic heterocycles. The third-order valence-corrected chi connectivity index (χ3v) is 3.94. The fourth-order valence-corrected chi connectivity index (χ4v) is 2.89. The van der Waals surface area contributed by atoms with Crippen LogP contribution in [-0.2, 0) is 11.2 Å². The summed E-state index contributed by atoms with van der Waals surface area (Å²) in [5, 5.41) is 6.45. The molecule has 5 nitrogen and oxygen atoms in total. The van der Waals surface area contributed by atoms with Gasteiger partial charge in [-0.2, -0.15) is 0 Å². The number of benzene rings is 1. The number of methoxy groups -OCH3 is 1. The Bertz CT molecular complexity index is 525. The molecule has 1 amide bonds. The van der Waals surface area contributed by atoms with E-state index in [-0.39, 0.29) is 12.1 Å². The van der Waals surface area contributed by atoms with Crippen molar-refractivity contribution in [3.63, 3.8) is 0 Å². The number of nitrogens with one attached hydrogen (secondary N) is 2. The van der Waals surface area contributed by atoms with Crippen molar-refractivity contribution in [1.29, 1.82) is 0 Å². The monoisotopic (exact) mass is 320 g/mol. The Morgan fingerprint density at radius 3 is 2.87 bits per heavy atom. The Hall–Kier alpha value is -1.75. The van der Waals surface area contributed by atoms with Crippen molar-refractivity contribution in [1.82, 2.24) is 10.6 Å². The predicted molar refractivity (Wildman–Crippen MR) is 90.8 cm³/mol. The molecule has 128 valence electrons. The van der Waals surface area contributed by atoms with Crippen molar-refractivity contribution < 1.29 is 14.3 Å². The van der Waals surface area contributed by atoms with Crippen LogP contribution in [-0.4, -0.2) is 37.9 Å². The molecular formula is C18H28N2O3. The second-order valence-electron chi connectivity index (χ2n) is 7.06. The Kier molecular flexibility index (Phi) is 5.88. The van der Waals surface area contributed by atoms with Crippen molar-refractivity contribution >= 4 is 6.09 Å². The molecule has 2 atom stereocenters. The average molecular weight is 320 g/mol. The number of rotatable bonds is 4. The van der Waals surface area contributed by atoms with E-state index in [2.05, 4.69) is 22.8 Å². The number of hydrogen-bond acceptors (Lipinski definition) is 4. The van der Waals surface area contributed by atoms with Crippen LogP contribution in [0.3, 0.4) is 0 Å². The Labute approximate surface area is 138 Å². The molecule has 0 spiro atoms. The third kappa shape index (κ3) is 5.75. The van der Waals surface area contributed by atoms with Gasteiger partial charge in [0, 0.05) is 12.6 Å². The van der Waals surface area contributed by atoms with Crippen LogP contribution in [0, 0.1) is 5.92 Å². The minimum atomic E-state index is -0.473. The summed E-state index contributed by atoms with van der Waals surface area (Å²) in [4.78, 5) is 12.1. The number of carbonyl (C=O) groups is 1. The summed E-state index contributed by atoms with van der Waals surface area (Å²) in [6.45, 7) is 7.43. The second kappa shape index (κ2) is 7.68. The number of ether oxygens (including phenoxy) is 2. The van der Waals surface area contributed by atoms with E-state index in [0.29, 0.717) is 5.92 Å². The lowest BCUT2D eigenvalue weighted by atomic mass is 9.87. The van der Waals surface area contributed by atoms with E-state index in [9.17, 15) is 4.79 Å². The number of alkyl carbamates (subject to hydrolysis) is 1. The Morgan fingerprint density at radius 1 is 1.39 bits per heavy atom. The second-order valence-corrected chi connectivity index (χ2v) is 7.06. The average Bonchev–Trinajstić information content (AvgIpc) is 2.47. The van der Waals surface area contributed by atoms with E-state index >= 15 is 0 Å². The predicted octanol–water partition coefficient (Wildman–Crippen LogP) is 2.74. The lowest BCUT2D eigenvalue weighted by Crippen LogP contribution is -2.51. The van der Waals surface area contributed by atoms with Gasteiger partial charge in [-0.25, -0.2) is 4.79 Å². The largest absolute Gasteiger partial charge is 0.497 e. The Morgan fingerprint density at radius 2 is 2.17 bits per heavy atom. The zero-order valence-electron chi connectivity index (χ0n) is 14.5. The van der Waals surface area contributed by atoms with Gasteiger partial charge in [0.05, 0.1) is 7.11 Å². The molecular weight excluding hydrogens is 292 g/mol. The summed E-state index contributed by atoms with van der Waals surface area (Å²) in [7, 11) is 1.67. The molecule has 1 saturated heterocycles. The molecule has 1 aromatic rings. The van der Waals surface area contributed by atoms with E-state index < -0.39 is 5.60 Å². The maximum atomic E-state index is 12.1. The fourth-order valence-electron chi connectivity index (χ4n) is 2.89. The van der Waals surface area contributed by atoms with Gasteiger partial charge >= 0.3 is 6.09 Å². The smallest absolute Gasteiger partial charge is 0.407 e. The van der Waals surface area contributed by atoms with Gasteiger partial charge in [-0.3, -0.25) is 0 Å². The minimum Gasteiger partial charge on any atom is -0.497 e. The highest BCUT2D eigenvalue weighted by Crippen LogP contribution is 2.21. The summed E-state index contributed by atoms with van der Waals surface area (Å²) in [6.07, 6.45) is 1.47. The van der Waals surface area contributed by atoms with Crippen molar-refractivity contribution in [2.75, 3.05) is 20.2 Å². The molecule has 0 saturated carbocycles. The maximum Gasteiger partial charge on any atom is 0.407 e. The van der Waals surface area contributed by atoms with E-state index in [4.69, 9.17) is 9.47 Å². The molecule has 0 aromatic heterocycles. The Balaban J connectivity index is 1.99. The molecule has 1 aliphatic rings. The van der Waals surface area contributed by atoms with Gasteiger partial charge in [-0.05, 0) is 63.8 Å². The van der Waals surface area contributed by atoms with Gasteiger partial charge in [0.25, 0.3) is 0 Å². The summed E-state index contributed by atoms with van der Waals surface area (Å²) in [5.41, 5.74) is 0.744. The number of amides is 1. The first-order valence-corrected chi connectivity index (χ1v) is 8.20. The first kappa shape index (κ1) is 17.6. The molecule has 0 aliphatic carbocycles. The number of hydrogen-bond donors (Lipinski definition) is 2. The van der Waals surface area contributed by atoms with E-state index in [1.807, 2.05) is 32.9 Å². The lowest BCUT2D eigenvalue weighted by Gasteiger charge is -2.33. The summed E-state index contributed by atoms with van der Waals surface area (Å²) in [5.74, 6) is 1.20. The molecule has 1 aromatic carbocycles. The zero-order chi connectivity index (χ0) is 16.9. The molecule has 0 unspecified atom stereocenters. The highest BCUT2D eigenvalue weighted by Gasteiger charge is 2.28. The molecule has 1 fully saturated rings. The summed E-state index contributed by atoms with van der Waals surface area (Å²) >= 11 is 0. The van der Waals surface area contributed by atoms with Crippen LogP contribution >= 0.6 is 0 Å². The number of carbonyl (C=O) groups excluding carboxylic acids is 1. The van der Waals surface area contributed by atoms with Crippen molar-refractivity contribution in [2.24, 2.45) is 5.92 Å². The van der Waals surface area contributed by atoms with E-state index in [1.54, 1.807) is 7.11 Å². The first-order chi connectivity index (χ1) is 10.9. The fraction of sp³-hybridized carbons (Fsp3) is 0.611. The van der Waals surface area contributed by atoms with Gasteiger partial charge in [-0.1, -0.05) is 12.1 Å². The van der Waals surface area contributed by atoms with Gasteiger partial charge in [0.2, 0.25) is 0 Å². The first-order valence-electron chi connectivity index (χ1n) is 8.20. The van der Waals surface area contributed by atoms with Gasteiger partial charge in [-0.15, -0.1) is 0 Å². The van der Waals surface area contributed by atoms with Crippen LogP contribution in [0.25, 0.3) is 0 Å². The molecule has 2 rings (SSSR count). The molecule has 5 heteroatoms. The zero-order valence-corrected chi connectivity index (χ0v) is 14.5. The van der Waals surface area contributed by atoms with Crippen molar-refractivity contribution in [3.05, 3.63) is 29.8 Å². The van der Waals surface area contributed by atoms with Crippen molar-refractivity contribution in [2.45, 2.75) is 45.3 Å². The molecule has 0 radical (unpaired) electrons. The summed E-state index contributed by atoms with van der Waals surface area (Å²) < 4.78 is 10.7. The van der Waals surface area contributed by atoms with Crippen LogP contribution < -0.4 is 15.4 Å². The molecule has 1 heterocycles. The quantitative estimate of drug-likeness (QED) is 0.895. The topological polar surface area (TPSA) is 59.6 Å². The van der Waals surface area contributed by atoms with Crippen molar-refractivity contribution in [3.8, 4) is 5.75 Å². The van der Waals surface area contributed by atoms with Crippen LogP contribution in [0.2, 0.25) is 0 Å².